The van der Waals surface area contributed by atoms with Crippen LogP contribution in [0.2, 0.25) is 0 Å². The predicted molar refractivity (Wildman–Crippen MR) is 101 cm³/mol. The van der Waals surface area contributed by atoms with Crippen molar-refractivity contribution in [2.45, 2.75) is 30.8 Å². The first-order valence-electron chi connectivity index (χ1n) is 9.00. The number of benzene rings is 1. The molecule has 2 aromatic rings. The maximum Gasteiger partial charge on any atom is 0.422 e. The maximum absolute atomic E-state index is 12.8. The van der Waals surface area contributed by atoms with E-state index in [1.54, 1.807) is 6.92 Å². The number of carbonyl (C=O) groups is 1. The van der Waals surface area contributed by atoms with Crippen LogP contribution < -0.4 is 10.1 Å². The van der Waals surface area contributed by atoms with Gasteiger partial charge in [0.05, 0.1) is 22.5 Å². The van der Waals surface area contributed by atoms with Crippen LogP contribution >= 0.6 is 0 Å². The summed E-state index contributed by atoms with van der Waals surface area (Å²) in [6, 6.07) is 3.32. The van der Waals surface area contributed by atoms with Gasteiger partial charge in [0.1, 0.15) is 11.4 Å². The summed E-state index contributed by atoms with van der Waals surface area (Å²) in [5.74, 6) is -1.09. The molecule has 0 atom stereocenters. The standard InChI is InChI=1S/C18H19F3N4O4S/c1-12-9-23-15(10-22-12)17(26)24-14-8-13(30(27,28)25-6-2-3-7-25)4-5-16(14)29-11-18(19,20)21/h4-5,8-10H,2-3,6-7,11H2,1H3,(H,24,26). The highest BCUT2D eigenvalue weighted by atomic mass is 32.2. The van der Waals surface area contributed by atoms with Crippen LogP contribution in [0.25, 0.3) is 0 Å². The van der Waals surface area contributed by atoms with Crippen LogP contribution in [0.15, 0.2) is 35.5 Å². The van der Waals surface area contributed by atoms with E-state index >= 15 is 0 Å². The van der Waals surface area contributed by atoms with Crippen molar-refractivity contribution < 1.29 is 31.1 Å². The van der Waals surface area contributed by atoms with E-state index < -0.39 is 28.7 Å². The minimum Gasteiger partial charge on any atom is -0.482 e. The van der Waals surface area contributed by atoms with Gasteiger partial charge in [-0.2, -0.15) is 17.5 Å². The zero-order valence-corrected chi connectivity index (χ0v) is 16.8. The SMILES string of the molecule is Cc1cnc(C(=O)Nc2cc(S(=O)(=O)N3CCCC3)ccc2OCC(F)(F)F)cn1. The fraction of sp³-hybridized carbons (Fsp3) is 0.389. The van der Waals surface area contributed by atoms with Gasteiger partial charge in [0.15, 0.2) is 6.61 Å². The Morgan fingerprint density at radius 1 is 1.20 bits per heavy atom. The van der Waals surface area contributed by atoms with Crippen molar-refractivity contribution in [2.24, 2.45) is 0 Å². The number of sulfonamides is 1. The molecule has 30 heavy (non-hydrogen) atoms. The van der Waals surface area contributed by atoms with Gasteiger partial charge in [-0.15, -0.1) is 0 Å². The molecule has 162 valence electrons. The summed E-state index contributed by atoms with van der Waals surface area (Å²) in [6.45, 7) is 0.785. The summed E-state index contributed by atoms with van der Waals surface area (Å²) in [7, 11) is -3.85. The van der Waals surface area contributed by atoms with Gasteiger partial charge >= 0.3 is 6.18 Å². The molecule has 12 heteroatoms. The Morgan fingerprint density at radius 2 is 1.90 bits per heavy atom. The van der Waals surface area contributed by atoms with Gasteiger partial charge in [0, 0.05) is 19.3 Å². The van der Waals surface area contributed by atoms with Crippen molar-refractivity contribution in [1.82, 2.24) is 14.3 Å². The van der Waals surface area contributed by atoms with Gasteiger partial charge in [-0.3, -0.25) is 9.78 Å². The molecule has 8 nitrogen and oxygen atoms in total. The number of nitrogens with one attached hydrogen (secondary N) is 1. The van der Waals surface area contributed by atoms with Crippen LogP contribution in [-0.2, 0) is 10.0 Å². The smallest absolute Gasteiger partial charge is 0.422 e. The Kier molecular flexibility index (Phi) is 6.27. The lowest BCUT2D eigenvalue weighted by Gasteiger charge is -2.18. The molecule has 0 aliphatic carbocycles. The van der Waals surface area contributed by atoms with Crippen molar-refractivity contribution in [1.29, 1.82) is 0 Å². The lowest BCUT2D eigenvalue weighted by molar-refractivity contribution is -0.153. The number of rotatable bonds is 6. The van der Waals surface area contributed by atoms with Crippen LogP contribution in [-0.4, -0.2) is 54.5 Å². The van der Waals surface area contributed by atoms with Gasteiger partial charge in [-0.1, -0.05) is 0 Å². The van der Waals surface area contributed by atoms with Crippen molar-refractivity contribution in [3.8, 4) is 5.75 Å². The van der Waals surface area contributed by atoms with Gasteiger partial charge in [-0.05, 0) is 38.0 Å². The molecule has 1 aliphatic rings. The van der Waals surface area contributed by atoms with Crippen LogP contribution in [0, 0.1) is 6.92 Å². The number of alkyl halides is 3. The molecule has 0 radical (unpaired) electrons. The van der Waals surface area contributed by atoms with Crippen molar-refractivity contribution >= 4 is 21.6 Å². The highest BCUT2D eigenvalue weighted by Gasteiger charge is 2.31. The average Bonchev–Trinajstić information content (AvgIpc) is 3.22. The molecule has 1 amide bonds. The van der Waals surface area contributed by atoms with E-state index in [2.05, 4.69) is 15.3 Å². The fourth-order valence-corrected chi connectivity index (χ4v) is 4.37. The minimum absolute atomic E-state index is 0.0878. The largest absolute Gasteiger partial charge is 0.482 e. The van der Waals surface area contributed by atoms with E-state index in [9.17, 15) is 26.4 Å². The number of hydrogen-bond donors (Lipinski definition) is 1. The quantitative estimate of drug-likeness (QED) is 0.735. The number of ether oxygens (including phenoxy) is 1. The summed E-state index contributed by atoms with van der Waals surface area (Å²) < 4.78 is 69.3. The van der Waals surface area contributed by atoms with E-state index in [0.29, 0.717) is 18.8 Å². The average molecular weight is 444 g/mol. The Bertz CT molecular complexity index is 1020. The van der Waals surface area contributed by atoms with Gasteiger partial charge in [0.25, 0.3) is 5.91 Å². The molecule has 0 bridgehead atoms. The van der Waals surface area contributed by atoms with Crippen LogP contribution in [0.5, 0.6) is 5.75 Å². The summed E-state index contributed by atoms with van der Waals surface area (Å²) in [5, 5.41) is 2.37. The second-order valence-electron chi connectivity index (χ2n) is 6.67. The van der Waals surface area contributed by atoms with Gasteiger partial charge in [0.2, 0.25) is 10.0 Å². The molecule has 1 saturated heterocycles. The Morgan fingerprint density at radius 3 is 2.50 bits per heavy atom. The fourth-order valence-electron chi connectivity index (χ4n) is 2.83. The van der Waals surface area contributed by atoms with Crippen LogP contribution in [0.3, 0.4) is 0 Å². The second-order valence-corrected chi connectivity index (χ2v) is 8.61. The number of nitrogens with zero attached hydrogens (tertiary/aromatic N) is 3. The number of hydrogen-bond acceptors (Lipinski definition) is 6. The number of aromatic nitrogens is 2. The number of amides is 1. The number of carbonyl (C=O) groups excluding carboxylic acids is 1. The third-order valence-corrected chi connectivity index (χ3v) is 6.20. The van der Waals surface area contributed by atoms with E-state index in [4.69, 9.17) is 4.74 Å². The van der Waals surface area contributed by atoms with Crippen molar-refractivity contribution in [3.05, 3.63) is 42.0 Å². The molecular formula is C18H19F3N4O4S. The number of aryl methyl sites for hydroxylation is 1. The molecule has 2 heterocycles. The molecule has 0 saturated carbocycles. The van der Waals surface area contributed by atoms with E-state index in [1.165, 1.54) is 16.7 Å². The van der Waals surface area contributed by atoms with Crippen molar-refractivity contribution in [2.75, 3.05) is 25.0 Å². The summed E-state index contributed by atoms with van der Waals surface area (Å²) in [5.41, 5.74) is 0.265. The topological polar surface area (TPSA) is 101 Å². The zero-order valence-electron chi connectivity index (χ0n) is 15.9. The molecule has 1 N–H and O–H groups in total. The highest BCUT2D eigenvalue weighted by Crippen LogP contribution is 2.31. The summed E-state index contributed by atoms with van der Waals surface area (Å²) in [4.78, 5) is 20.1. The van der Waals surface area contributed by atoms with Crippen molar-refractivity contribution in [3.63, 3.8) is 0 Å². The third-order valence-electron chi connectivity index (χ3n) is 4.31. The highest BCUT2D eigenvalue weighted by molar-refractivity contribution is 7.89. The predicted octanol–water partition coefficient (Wildman–Crippen LogP) is 2.76. The second kappa shape index (κ2) is 8.56. The molecule has 0 spiro atoms. The van der Waals surface area contributed by atoms with Gasteiger partial charge in [-0.25, -0.2) is 13.4 Å². The lowest BCUT2D eigenvalue weighted by Crippen LogP contribution is -2.28. The molecule has 1 aromatic heterocycles. The molecule has 0 unspecified atom stereocenters. The van der Waals surface area contributed by atoms with Gasteiger partial charge < -0.3 is 10.1 Å². The molecule has 3 rings (SSSR count). The Labute approximate surface area is 171 Å². The van der Waals surface area contributed by atoms with Crippen LogP contribution in [0.1, 0.15) is 29.0 Å². The summed E-state index contributed by atoms with van der Waals surface area (Å²) in [6.07, 6.45) is -0.608. The Balaban J connectivity index is 1.93. The first-order chi connectivity index (χ1) is 14.1. The van der Waals surface area contributed by atoms with E-state index in [-0.39, 0.29) is 22.0 Å². The molecule has 1 aliphatic heterocycles. The normalized spacial score (nSPS) is 15.2. The zero-order chi connectivity index (χ0) is 21.9. The number of halogens is 3. The minimum atomic E-state index is -4.61. The van der Waals surface area contributed by atoms with Crippen LogP contribution in [0.4, 0.5) is 18.9 Å². The first kappa shape index (κ1) is 22.0. The molecule has 1 fully saturated rings. The van der Waals surface area contributed by atoms with E-state index in [0.717, 1.165) is 31.0 Å². The maximum atomic E-state index is 12.8. The lowest BCUT2D eigenvalue weighted by atomic mass is 10.2. The number of anilines is 1. The van der Waals surface area contributed by atoms with E-state index in [1.807, 2.05) is 0 Å². The third kappa shape index (κ3) is 5.25. The Hall–Kier alpha value is -2.73. The summed E-state index contributed by atoms with van der Waals surface area (Å²) >= 11 is 0. The molecular weight excluding hydrogens is 425 g/mol. The first-order valence-corrected chi connectivity index (χ1v) is 10.4. The monoisotopic (exact) mass is 444 g/mol. The molecule has 1 aromatic carbocycles.